The summed E-state index contributed by atoms with van der Waals surface area (Å²) in [5.74, 6) is 0.150. The first kappa shape index (κ1) is 19.0. The van der Waals surface area contributed by atoms with E-state index in [2.05, 4.69) is 20.6 Å². The van der Waals surface area contributed by atoms with Crippen LogP contribution in [0.25, 0.3) is 21.3 Å². The van der Waals surface area contributed by atoms with Crippen LogP contribution in [-0.2, 0) is 9.59 Å². The van der Waals surface area contributed by atoms with E-state index in [1.54, 1.807) is 6.20 Å². The maximum absolute atomic E-state index is 12.1. The number of hydrogen-bond acceptors (Lipinski definition) is 5. The molecule has 0 aliphatic rings. The Morgan fingerprint density at radius 2 is 1.93 bits per heavy atom. The van der Waals surface area contributed by atoms with Gasteiger partial charge >= 0.3 is 0 Å². The number of anilines is 2. The lowest BCUT2D eigenvalue weighted by molar-refractivity contribution is -0.117. The number of fused-ring (bicyclic) bond motifs is 1. The summed E-state index contributed by atoms with van der Waals surface area (Å²) in [6.45, 7) is 7.37. The second kappa shape index (κ2) is 7.84. The van der Waals surface area contributed by atoms with E-state index in [-0.39, 0.29) is 11.8 Å². The number of aryl methyl sites for hydroxylation is 1. The molecule has 2 aromatic heterocycles. The van der Waals surface area contributed by atoms with Crippen molar-refractivity contribution in [1.29, 1.82) is 0 Å². The molecule has 0 atom stereocenters. The van der Waals surface area contributed by atoms with E-state index >= 15 is 0 Å². The smallest absolute Gasteiger partial charge is 0.224 e. The van der Waals surface area contributed by atoms with E-state index in [0.717, 1.165) is 32.7 Å². The predicted molar refractivity (Wildman–Crippen MR) is 110 cm³/mol. The van der Waals surface area contributed by atoms with Gasteiger partial charge in [0.25, 0.3) is 0 Å². The maximum atomic E-state index is 12.1. The molecule has 7 heteroatoms. The molecule has 0 saturated carbocycles. The van der Waals surface area contributed by atoms with Crippen LogP contribution in [0.1, 0.15) is 32.9 Å². The van der Waals surface area contributed by atoms with E-state index in [9.17, 15) is 9.59 Å². The lowest BCUT2D eigenvalue weighted by atomic mass is 10.1. The summed E-state index contributed by atoms with van der Waals surface area (Å²) in [5.41, 5.74) is 4.23. The summed E-state index contributed by atoms with van der Waals surface area (Å²) in [6.07, 6.45) is 2.27. The van der Waals surface area contributed by atoms with Crippen molar-refractivity contribution in [3.05, 3.63) is 36.2 Å². The monoisotopic (exact) mass is 382 g/mol. The Morgan fingerprint density at radius 3 is 2.63 bits per heavy atom. The Labute approximate surface area is 162 Å². The largest absolute Gasteiger partial charge is 0.324 e. The Kier molecular flexibility index (Phi) is 5.51. The molecular weight excluding hydrogens is 360 g/mol. The molecule has 0 aliphatic carbocycles. The van der Waals surface area contributed by atoms with Crippen molar-refractivity contribution in [2.75, 3.05) is 10.6 Å². The van der Waals surface area contributed by atoms with E-state index < -0.39 is 0 Å². The second-order valence-electron chi connectivity index (χ2n) is 6.89. The highest BCUT2D eigenvalue weighted by Gasteiger charge is 2.11. The third kappa shape index (κ3) is 4.68. The van der Waals surface area contributed by atoms with Gasteiger partial charge < -0.3 is 10.6 Å². The molecule has 1 aromatic carbocycles. The van der Waals surface area contributed by atoms with E-state index in [1.165, 1.54) is 18.3 Å². The summed E-state index contributed by atoms with van der Waals surface area (Å²) in [7, 11) is 0. The fourth-order valence-electron chi connectivity index (χ4n) is 2.70. The van der Waals surface area contributed by atoms with Crippen LogP contribution in [0, 0.1) is 12.8 Å². The molecule has 3 rings (SSSR count). The van der Waals surface area contributed by atoms with E-state index in [0.29, 0.717) is 17.5 Å². The number of carbonyl (C=O) groups is 2. The number of hydrogen-bond donors (Lipinski definition) is 2. The normalized spacial score (nSPS) is 11.0. The zero-order valence-electron chi connectivity index (χ0n) is 15.8. The van der Waals surface area contributed by atoms with Crippen LogP contribution in [0.15, 0.2) is 30.5 Å². The third-order valence-corrected chi connectivity index (χ3v) is 4.89. The number of nitrogens with one attached hydrogen (secondary N) is 2. The Hall–Kier alpha value is -2.80. The zero-order chi connectivity index (χ0) is 19.6. The molecule has 3 aromatic rings. The number of rotatable bonds is 5. The number of thiazole rings is 1. The van der Waals surface area contributed by atoms with E-state index in [4.69, 9.17) is 0 Å². The van der Waals surface area contributed by atoms with Crippen molar-refractivity contribution in [3.8, 4) is 11.1 Å². The molecule has 0 aliphatic heterocycles. The lowest BCUT2D eigenvalue weighted by Crippen LogP contribution is -2.15. The van der Waals surface area contributed by atoms with Gasteiger partial charge in [0.15, 0.2) is 5.13 Å². The highest BCUT2D eigenvalue weighted by atomic mass is 32.1. The standard InChI is InChI=1S/C20H22N4O2S/c1-11(2)7-19(26)23-17-8-15(10-21-12(17)3)14-5-6-16-18(9-14)27-20(24-16)22-13(4)25/h5-6,8-11H,7H2,1-4H3,(H,23,26)(H,22,24,25). The second-order valence-corrected chi connectivity index (χ2v) is 7.92. The Balaban J connectivity index is 1.90. The number of aromatic nitrogens is 2. The zero-order valence-corrected chi connectivity index (χ0v) is 16.6. The van der Waals surface area contributed by atoms with Gasteiger partial charge in [0.1, 0.15) is 0 Å². The van der Waals surface area contributed by atoms with Gasteiger partial charge in [-0.3, -0.25) is 14.6 Å². The minimum Gasteiger partial charge on any atom is -0.324 e. The minimum absolute atomic E-state index is 0.00934. The summed E-state index contributed by atoms with van der Waals surface area (Å²) < 4.78 is 0.974. The van der Waals surface area contributed by atoms with Gasteiger partial charge in [-0.05, 0) is 36.6 Å². The predicted octanol–water partition coefficient (Wildman–Crippen LogP) is 4.61. The number of nitrogens with zero attached hydrogens (tertiary/aromatic N) is 2. The fraction of sp³-hybridized carbons (Fsp3) is 0.300. The Bertz CT molecular complexity index is 1010. The molecule has 2 N–H and O–H groups in total. The number of carbonyl (C=O) groups excluding carboxylic acids is 2. The quantitative estimate of drug-likeness (QED) is 0.675. The van der Waals surface area contributed by atoms with Crippen LogP contribution in [0.4, 0.5) is 10.8 Å². The van der Waals surface area contributed by atoms with Crippen molar-refractivity contribution in [3.63, 3.8) is 0 Å². The van der Waals surface area contributed by atoms with Crippen molar-refractivity contribution in [1.82, 2.24) is 9.97 Å². The summed E-state index contributed by atoms with van der Waals surface area (Å²) >= 11 is 1.43. The molecule has 6 nitrogen and oxygen atoms in total. The van der Waals surface area contributed by atoms with Crippen LogP contribution in [0.5, 0.6) is 0 Å². The highest BCUT2D eigenvalue weighted by Crippen LogP contribution is 2.31. The average molecular weight is 382 g/mol. The summed E-state index contributed by atoms with van der Waals surface area (Å²) in [5, 5.41) is 6.25. The first-order chi connectivity index (χ1) is 12.8. The van der Waals surface area contributed by atoms with Gasteiger partial charge in [0.05, 0.1) is 21.6 Å². The number of pyridine rings is 1. The summed E-state index contributed by atoms with van der Waals surface area (Å²) in [6, 6.07) is 7.84. The van der Waals surface area contributed by atoms with Gasteiger partial charge in [0, 0.05) is 25.1 Å². The van der Waals surface area contributed by atoms with Crippen LogP contribution in [0.2, 0.25) is 0 Å². The topological polar surface area (TPSA) is 84.0 Å². The van der Waals surface area contributed by atoms with E-state index in [1.807, 2.05) is 45.0 Å². The molecule has 2 heterocycles. The highest BCUT2D eigenvalue weighted by molar-refractivity contribution is 7.22. The van der Waals surface area contributed by atoms with Gasteiger partial charge in [-0.25, -0.2) is 4.98 Å². The first-order valence-electron chi connectivity index (χ1n) is 8.77. The van der Waals surface area contributed by atoms with Crippen molar-refractivity contribution >= 4 is 44.2 Å². The minimum atomic E-state index is -0.140. The molecular formula is C20H22N4O2S. The van der Waals surface area contributed by atoms with Crippen molar-refractivity contribution in [2.24, 2.45) is 5.92 Å². The SMILES string of the molecule is CC(=O)Nc1nc2ccc(-c3cnc(C)c(NC(=O)CC(C)C)c3)cc2s1. The molecule has 0 spiro atoms. The molecule has 27 heavy (non-hydrogen) atoms. The first-order valence-corrected chi connectivity index (χ1v) is 9.58. The van der Waals surface area contributed by atoms with Crippen LogP contribution >= 0.6 is 11.3 Å². The van der Waals surface area contributed by atoms with Gasteiger partial charge in [0.2, 0.25) is 11.8 Å². The molecule has 0 radical (unpaired) electrons. The van der Waals surface area contributed by atoms with Crippen molar-refractivity contribution < 1.29 is 9.59 Å². The van der Waals surface area contributed by atoms with Gasteiger partial charge in [-0.15, -0.1) is 0 Å². The lowest BCUT2D eigenvalue weighted by Gasteiger charge is -2.11. The van der Waals surface area contributed by atoms with Crippen LogP contribution in [-0.4, -0.2) is 21.8 Å². The third-order valence-electron chi connectivity index (χ3n) is 3.96. The van der Waals surface area contributed by atoms with Crippen LogP contribution in [0.3, 0.4) is 0 Å². The Morgan fingerprint density at radius 1 is 1.15 bits per heavy atom. The fourth-order valence-corrected chi connectivity index (χ4v) is 3.65. The molecule has 0 fully saturated rings. The number of benzene rings is 1. The summed E-state index contributed by atoms with van der Waals surface area (Å²) in [4.78, 5) is 32.2. The molecule has 2 amide bonds. The molecule has 0 unspecified atom stereocenters. The molecule has 0 bridgehead atoms. The van der Waals surface area contributed by atoms with Crippen molar-refractivity contribution in [2.45, 2.75) is 34.1 Å². The number of amides is 2. The van der Waals surface area contributed by atoms with Crippen LogP contribution < -0.4 is 10.6 Å². The van der Waals surface area contributed by atoms with Gasteiger partial charge in [-0.2, -0.15) is 0 Å². The average Bonchev–Trinajstić information content (AvgIpc) is 2.96. The van der Waals surface area contributed by atoms with Gasteiger partial charge in [-0.1, -0.05) is 31.3 Å². The maximum Gasteiger partial charge on any atom is 0.224 e. The molecule has 0 saturated heterocycles. The molecule has 140 valence electrons.